The minimum atomic E-state index is -1.87. The molecule has 8 nitrogen and oxygen atoms in total. The van der Waals surface area contributed by atoms with Gasteiger partial charge in [0.25, 0.3) is 5.91 Å². The van der Waals surface area contributed by atoms with Crippen LogP contribution in [0.2, 0.25) is 0 Å². The van der Waals surface area contributed by atoms with Crippen LogP contribution in [0.25, 0.3) is 0 Å². The van der Waals surface area contributed by atoms with Gasteiger partial charge in [0.2, 0.25) is 0 Å². The van der Waals surface area contributed by atoms with Crippen LogP contribution in [0.4, 0.5) is 4.39 Å². The van der Waals surface area contributed by atoms with E-state index in [0.717, 1.165) is 56.7 Å². The zero-order chi connectivity index (χ0) is 24.9. The molecule has 9 heteroatoms. The summed E-state index contributed by atoms with van der Waals surface area (Å²) in [6.07, 6.45) is 4.11. The van der Waals surface area contributed by atoms with Gasteiger partial charge in [-0.25, -0.2) is 4.39 Å². The SMILES string of the molecule is CNCCN(C)Cc1nn2c(c1C1CCC(COC)(COC)CC1)CN(C(=O)C(C)(C)F)CC2. The molecule has 0 radical (unpaired) electrons. The Bertz CT molecular complexity index is 806. The van der Waals surface area contributed by atoms with Gasteiger partial charge in [0, 0.05) is 51.4 Å². The number of alkyl halides is 1. The molecule has 1 aromatic rings. The normalized spacial score (nSPS) is 19.0. The fourth-order valence-corrected chi connectivity index (χ4v) is 5.63. The van der Waals surface area contributed by atoms with Crippen molar-refractivity contribution in [3.05, 3.63) is 17.0 Å². The van der Waals surface area contributed by atoms with Crippen molar-refractivity contribution in [1.29, 1.82) is 0 Å². The number of aromatic nitrogens is 2. The minimum absolute atomic E-state index is 0.0528. The molecule has 1 aliphatic heterocycles. The van der Waals surface area contributed by atoms with Crippen LogP contribution < -0.4 is 5.32 Å². The number of halogens is 1. The van der Waals surface area contributed by atoms with Gasteiger partial charge >= 0.3 is 0 Å². The average Bonchev–Trinajstić information content (AvgIpc) is 3.14. The predicted octanol–water partition coefficient (Wildman–Crippen LogP) is 2.56. The predicted molar refractivity (Wildman–Crippen MR) is 130 cm³/mol. The first kappa shape index (κ1) is 27.0. The Kier molecular flexibility index (Phi) is 9.11. The van der Waals surface area contributed by atoms with Gasteiger partial charge in [0.05, 0.1) is 37.7 Å². The van der Waals surface area contributed by atoms with E-state index in [2.05, 4.69) is 21.9 Å². The zero-order valence-corrected chi connectivity index (χ0v) is 22.0. The van der Waals surface area contributed by atoms with Crippen molar-refractivity contribution >= 4 is 5.91 Å². The first-order valence-electron chi connectivity index (χ1n) is 12.5. The third-order valence-electron chi connectivity index (χ3n) is 7.41. The molecule has 1 saturated carbocycles. The van der Waals surface area contributed by atoms with Crippen LogP contribution in [0.5, 0.6) is 0 Å². The van der Waals surface area contributed by atoms with Crippen molar-refractivity contribution < 1.29 is 18.7 Å². The Balaban J connectivity index is 1.88. The summed E-state index contributed by atoms with van der Waals surface area (Å²) in [5, 5.41) is 8.22. The Labute approximate surface area is 204 Å². The first-order valence-corrected chi connectivity index (χ1v) is 12.5. The monoisotopic (exact) mass is 481 g/mol. The fourth-order valence-electron chi connectivity index (χ4n) is 5.63. The Morgan fingerprint density at radius 2 is 1.88 bits per heavy atom. The number of nitrogens with one attached hydrogen (secondary N) is 1. The number of nitrogens with zero attached hydrogens (tertiary/aromatic N) is 4. The molecule has 0 spiro atoms. The quantitative estimate of drug-likeness (QED) is 0.524. The van der Waals surface area contributed by atoms with Gasteiger partial charge < -0.3 is 19.7 Å². The first-order chi connectivity index (χ1) is 16.1. The van der Waals surface area contributed by atoms with E-state index in [-0.39, 0.29) is 5.41 Å². The Morgan fingerprint density at radius 1 is 1.24 bits per heavy atom. The highest BCUT2D eigenvalue weighted by molar-refractivity contribution is 5.84. The second-order valence-electron chi connectivity index (χ2n) is 10.7. The lowest BCUT2D eigenvalue weighted by Gasteiger charge is -2.40. The molecule has 0 bridgehead atoms. The highest BCUT2D eigenvalue weighted by Gasteiger charge is 2.40. The second-order valence-corrected chi connectivity index (χ2v) is 10.7. The number of likely N-dealkylation sites (N-methyl/N-ethyl adjacent to an activating group) is 2. The summed E-state index contributed by atoms with van der Waals surface area (Å²) in [4.78, 5) is 16.7. The van der Waals surface area contributed by atoms with Crippen molar-refractivity contribution in [2.75, 3.05) is 61.2 Å². The molecule has 1 N–H and O–H groups in total. The van der Waals surface area contributed by atoms with Gasteiger partial charge in [-0.3, -0.25) is 14.4 Å². The number of ether oxygens (including phenoxy) is 2. The third kappa shape index (κ3) is 6.17. The summed E-state index contributed by atoms with van der Waals surface area (Å²) >= 11 is 0. The standard InChI is InChI=1S/C25H44FN5O3/c1-24(2,26)23(32)30-13-14-31-21(16-30)22(20(28-31)15-29(4)12-11-27-3)19-7-9-25(10-8-19,17-33-5)18-34-6/h19,27H,7-18H2,1-6H3. The van der Waals surface area contributed by atoms with Crippen LogP contribution in [0.1, 0.15) is 62.4 Å². The molecule has 2 aliphatic rings. The number of carbonyl (C=O) groups excluding carboxylic acids is 1. The highest BCUT2D eigenvalue weighted by atomic mass is 19.1. The molecule has 2 heterocycles. The molecule has 1 fully saturated rings. The van der Waals surface area contributed by atoms with Gasteiger partial charge in [0.15, 0.2) is 5.67 Å². The van der Waals surface area contributed by atoms with E-state index in [1.54, 1.807) is 19.1 Å². The van der Waals surface area contributed by atoms with Gasteiger partial charge in [0.1, 0.15) is 0 Å². The maximum atomic E-state index is 14.5. The number of hydrogen-bond acceptors (Lipinski definition) is 6. The second kappa shape index (κ2) is 11.5. The van der Waals surface area contributed by atoms with Crippen LogP contribution in [0.15, 0.2) is 0 Å². The van der Waals surface area contributed by atoms with E-state index >= 15 is 0 Å². The van der Waals surface area contributed by atoms with E-state index in [9.17, 15) is 9.18 Å². The lowest BCUT2D eigenvalue weighted by Crippen LogP contribution is -2.46. The molecule has 0 atom stereocenters. The molecule has 0 saturated heterocycles. The van der Waals surface area contributed by atoms with Crippen LogP contribution in [0, 0.1) is 5.41 Å². The van der Waals surface area contributed by atoms with Gasteiger partial charge in [-0.1, -0.05) is 0 Å². The smallest absolute Gasteiger partial charge is 0.260 e. The number of methoxy groups -OCH3 is 2. The van der Waals surface area contributed by atoms with E-state index in [1.807, 2.05) is 7.05 Å². The zero-order valence-electron chi connectivity index (χ0n) is 22.0. The van der Waals surface area contributed by atoms with Crippen molar-refractivity contribution in [3.8, 4) is 0 Å². The number of rotatable bonds is 11. The van der Waals surface area contributed by atoms with Crippen molar-refractivity contribution in [3.63, 3.8) is 0 Å². The number of fused-ring (bicyclic) bond motifs is 1. The Morgan fingerprint density at radius 3 is 2.44 bits per heavy atom. The molecular formula is C25H44FN5O3. The molecule has 3 rings (SSSR count). The van der Waals surface area contributed by atoms with E-state index < -0.39 is 11.6 Å². The Hall–Kier alpha value is -1.55. The molecule has 194 valence electrons. The minimum Gasteiger partial charge on any atom is -0.384 e. The van der Waals surface area contributed by atoms with Crippen molar-refractivity contribution in [2.24, 2.45) is 5.41 Å². The molecule has 34 heavy (non-hydrogen) atoms. The summed E-state index contributed by atoms with van der Waals surface area (Å²) < 4.78 is 27.6. The lowest BCUT2D eigenvalue weighted by molar-refractivity contribution is -0.143. The number of hydrogen-bond donors (Lipinski definition) is 1. The van der Waals surface area contributed by atoms with Gasteiger partial charge in [-0.15, -0.1) is 0 Å². The van der Waals surface area contributed by atoms with E-state index in [4.69, 9.17) is 14.6 Å². The lowest BCUT2D eigenvalue weighted by atomic mass is 9.69. The van der Waals surface area contributed by atoms with Crippen LogP contribution >= 0.6 is 0 Å². The fraction of sp³-hybridized carbons (Fsp3) is 0.840. The summed E-state index contributed by atoms with van der Waals surface area (Å²) in [5.41, 5.74) is 1.63. The summed E-state index contributed by atoms with van der Waals surface area (Å²) in [7, 11) is 7.59. The van der Waals surface area contributed by atoms with Crippen LogP contribution in [-0.2, 0) is 33.9 Å². The summed E-state index contributed by atoms with van der Waals surface area (Å²) in [6.45, 7) is 8.21. The summed E-state index contributed by atoms with van der Waals surface area (Å²) in [5.74, 6) is -0.0758. The van der Waals surface area contributed by atoms with E-state index in [0.29, 0.717) is 38.8 Å². The van der Waals surface area contributed by atoms with Gasteiger partial charge in [-0.2, -0.15) is 5.10 Å². The van der Waals surface area contributed by atoms with Crippen molar-refractivity contribution in [2.45, 2.75) is 70.8 Å². The maximum absolute atomic E-state index is 14.5. The molecule has 0 unspecified atom stereocenters. The van der Waals surface area contributed by atoms with E-state index in [1.165, 1.54) is 19.4 Å². The molecular weight excluding hydrogens is 437 g/mol. The third-order valence-corrected chi connectivity index (χ3v) is 7.41. The van der Waals surface area contributed by atoms with Crippen LogP contribution in [-0.4, -0.2) is 92.3 Å². The average molecular weight is 482 g/mol. The number of carbonyl (C=O) groups is 1. The van der Waals surface area contributed by atoms with Gasteiger partial charge in [-0.05, 0) is 59.5 Å². The molecule has 1 amide bonds. The highest BCUT2D eigenvalue weighted by Crippen LogP contribution is 2.45. The number of amides is 1. The molecule has 0 aromatic carbocycles. The van der Waals surface area contributed by atoms with Crippen LogP contribution in [0.3, 0.4) is 0 Å². The topological polar surface area (TPSA) is 71.9 Å². The molecule has 1 aliphatic carbocycles. The largest absolute Gasteiger partial charge is 0.384 e. The molecule has 1 aromatic heterocycles. The van der Waals surface area contributed by atoms with Crippen molar-refractivity contribution in [1.82, 2.24) is 24.9 Å². The summed E-state index contributed by atoms with van der Waals surface area (Å²) in [6, 6.07) is 0. The maximum Gasteiger partial charge on any atom is 0.260 e.